The van der Waals surface area contributed by atoms with Crippen molar-refractivity contribution in [1.82, 2.24) is 9.99 Å². The van der Waals surface area contributed by atoms with Crippen LogP contribution in [0.1, 0.15) is 21.6 Å². The van der Waals surface area contributed by atoms with Gasteiger partial charge in [-0.05, 0) is 65.3 Å². The number of nitrogens with one attached hydrogen (secondary N) is 1. The normalized spacial score (nSPS) is 11.0. The minimum absolute atomic E-state index is 0.116. The Kier molecular flexibility index (Phi) is 6.21. The number of phenols is 1. The zero-order valence-corrected chi connectivity index (χ0v) is 18.3. The first-order chi connectivity index (χ1) is 13.4. The molecule has 0 fully saturated rings. The number of halogens is 2. The number of nitrogens with zero attached hydrogens (tertiary/aromatic N) is 2. The van der Waals surface area contributed by atoms with Crippen LogP contribution < -0.4 is 10.2 Å². The first-order valence-electron chi connectivity index (χ1n) is 8.24. The summed E-state index contributed by atoms with van der Waals surface area (Å²) in [7, 11) is 1.63. The summed E-state index contributed by atoms with van der Waals surface area (Å²) in [5.74, 6) is 0.139. The Balaban J connectivity index is 1.74. The van der Waals surface area contributed by atoms with Gasteiger partial charge in [-0.2, -0.15) is 5.10 Å². The van der Waals surface area contributed by atoms with Gasteiger partial charge in [-0.15, -0.1) is 0 Å². The van der Waals surface area contributed by atoms with Crippen LogP contribution in [0.5, 0.6) is 11.5 Å². The lowest BCUT2D eigenvalue weighted by Gasteiger charge is -2.06. The Morgan fingerprint density at radius 3 is 2.61 bits per heavy atom. The molecule has 0 radical (unpaired) electrons. The molecule has 0 bridgehead atoms. The van der Waals surface area contributed by atoms with E-state index in [-0.39, 0.29) is 11.3 Å². The zero-order chi connectivity index (χ0) is 20.3. The lowest BCUT2D eigenvalue weighted by molar-refractivity contribution is 0.0952. The van der Waals surface area contributed by atoms with E-state index >= 15 is 0 Å². The number of aromatic hydroxyl groups is 1. The summed E-state index contributed by atoms with van der Waals surface area (Å²) in [5, 5.41) is 14.0. The van der Waals surface area contributed by atoms with Crippen molar-refractivity contribution >= 4 is 44.0 Å². The SMILES string of the molecule is COc1ccc(-n2cc(/C=N\NC(=O)c3cc(Br)cc(Br)c3O)cc2C)cc1. The number of phenolic OH excluding ortho intramolecular Hbond substituents is 1. The van der Waals surface area contributed by atoms with Gasteiger partial charge in [-0.1, -0.05) is 15.9 Å². The molecule has 8 heteroatoms. The number of hydrogen-bond donors (Lipinski definition) is 2. The molecule has 0 saturated carbocycles. The molecule has 0 aliphatic carbocycles. The molecule has 0 saturated heterocycles. The molecule has 0 aliphatic heterocycles. The molecule has 144 valence electrons. The molecule has 1 aromatic heterocycles. The summed E-state index contributed by atoms with van der Waals surface area (Å²) >= 11 is 6.50. The van der Waals surface area contributed by atoms with E-state index in [9.17, 15) is 9.90 Å². The maximum absolute atomic E-state index is 12.3. The van der Waals surface area contributed by atoms with E-state index in [1.165, 1.54) is 6.07 Å². The summed E-state index contributed by atoms with van der Waals surface area (Å²) < 4.78 is 8.28. The highest BCUT2D eigenvalue weighted by atomic mass is 79.9. The minimum Gasteiger partial charge on any atom is -0.506 e. The lowest BCUT2D eigenvalue weighted by atomic mass is 10.2. The minimum atomic E-state index is -0.512. The maximum atomic E-state index is 12.3. The van der Waals surface area contributed by atoms with E-state index in [0.717, 1.165) is 22.7 Å². The second kappa shape index (κ2) is 8.62. The molecule has 3 rings (SSSR count). The number of aromatic nitrogens is 1. The number of aryl methyl sites for hydroxylation is 1. The van der Waals surface area contributed by atoms with Gasteiger partial charge in [0.2, 0.25) is 0 Å². The molecular weight excluding hydrogens is 490 g/mol. The van der Waals surface area contributed by atoms with Crippen molar-refractivity contribution in [2.24, 2.45) is 5.10 Å². The topological polar surface area (TPSA) is 75.8 Å². The van der Waals surface area contributed by atoms with Gasteiger partial charge < -0.3 is 14.4 Å². The average molecular weight is 507 g/mol. The van der Waals surface area contributed by atoms with E-state index in [1.807, 2.05) is 48.0 Å². The number of amides is 1. The molecule has 1 amide bonds. The number of carbonyl (C=O) groups is 1. The van der Waals surface area contributed by atoms with Crippen molar-refractivity contribution in [2.45, 2.75) is 6.92 Å². The van der Waals surface area contributed by atoms with Gasteiger partial charge in [0, 0.05) is 27.6 Å². The van der Waals surface area contributed by atoms with Crippen LogP contribution >= 0.6 is 31.9 Å². The van der Waals surface area contributed by atoms with Crippen molar-refractivity contribution in [3.63, 3.8) is 0 Å². The van der Waals surface area contributed by atoms with Crippen LogP contribution in [0.2, 0.25) is 0 Å². The Hall–Kier alpha value is -2.58. The van der Waals surface area contributed by atoms with Crippen molar-refractivity contribution in [2.75, 3.05) is 7.11 Å². The highest BCUT2D eigenvalue weighted by Crippen LogP contribution is 2.31. The van der Waals surface area contributed by atoms with Crippen molar-refractivity contribution in [1.29, 1.82) is 0 Å². The van der Waals surface area contributed by atoms with Crippen LogP contribution in [0.3, 0.4) is 0 Å². The van der Waals surface area contributed by atoms with Gasteiger partial charge in [0.05, 0.1) is 23.4 Å². The number of rotatable bonds is 5. The van der Waals surface area contributed by atoms with E-state index < -0.39 is 5.91 Å². The first-order valence-corrected chi connectivity index (χ1v) is 9.82. The number of benzene rings is 2. The van der Waals surface area contributed by atoms with Crippen LogP contribution in [-0.4, -0.2) is 28.9 Å². The number of carbonyl (C=O) groups excluding carboxylic acids is 1. The van der Waals surface area contributed by atoms with Gasteiger partial charge in [0.1, 0.15) is 11.5 Å². The lowest BCUT2D eigenvalue weighted by Crippen LogP contribution is -2.17. The molecule has 2 aromatic carbocycles. The third-order valence-corrected chi connectivity index (χ3v) is 5.10. The third-order valence-electron chi connectivity index (χ3n) is 4.04. The van der Waals surface area contributed by atoms with Gasteiger partial charge in [-0.25, -0.2) is 5.43 Å². The number of methoxy groups -OCH3 is 1. The van der Waals surface area contributed by atoms with Crippen molar-refractivity contribution in [3.8, 4) is 17.2 Å². The molecule has 2 N–H and O–H groups in total. The fourth-order valence-electron chi connectivity index (χ4n) is 2.66. The van der Waals surface area contributed by atoms with E-state index in [0.29, 0.717) is 8.95 Å². The Morgan fingerprint density at radius 1 is 1.21 bits per heavy atom. The van der Waals surface area contributed by atoms with Crippen LogP contribution in [-0.2, 0) is 0 Å². The van der Waals surface area contributed by atoms with Crippen LogP contribution in [0, 0.1) is 6.92 Å². The van der Waals surface area contributed by atoms with E-state index in [1.54, 1.807) is 19.4 Å². The van der Waals surface area contributed by atoms with Crippen LogP contribution in [0.15, 0.2) is 62.7 Å². The summed E-state index contributed by atoms with van der Waals surface area (Å²) in [5.41, 5.74) is 5.38. The van der Waals surface area contributed by atoms with Gasteiger partial charge in [0.25, 0.3) is 5.91 Å². The molecular formula is C20H17Br2N3O3. The summed E-state index contributed by atoms with van der Waals surface area (Å²) in [6.07, 6.45) is 3.47. The molecule has 0 aliphatic rings. The number of hydrazone groups is 1. The van der Waals surface area contributed by atoms with Crippen molar-refractivity contribution < 1.29 is 14.6 Å². The second-order valence-corrected chi connectivity index (χ2v) is 7.74. The van der Waals surface area contributed by atoms with E-state index in [2.05, 4.69) is 42.4 Å². The maximum Gasteiger partial charge on any atom is 0.275 e. The molecule has 0 atom stereocenters. The molecule has 1 heterocycles. The highest BCUT2D eigenvalue weighted by molar-refractivity contribution is 9.11. The molecule has 6 nitrogen and oxygen atoms in total. The molecule has 0 spiro atoms. The smallest absolute Gasteiger partial charge is 0.275 e. The summed E-state index contributed by atoms with van der Waals surface area (Å²) in [4.78, 5) is 12.3. The zero-order valence-electron chi connectivity index (χ0n) is 15.1. The average Bonchev–Trinajstić information content (AvgIpc) is 3.05. The standard InChI is InChI=1S/C20H17Br2N3O3/c1-12-7-13(11-25(12)15-3-5-16(28-2)6-4-15)10-23-24-20(27)17-8-14(21)9-18(22)19(17)26/h3-11,26H,1-2H3,(H,24,27)/b23-10-. The fraction of sp³-hybridized carbons (Fsp3) is 0.100. The predicted octanol–water partition coefficient (Wildman–Crippen LogP) is 4.79. The van der Waals surface area contributed by atoms with Crippen LogP contribution in [0.4, 0.5) is 0 Å². The van der Waals surface area contributed by atoms with Gasteiger partial charge >= 0.3 is 0 Å². The number of hydrogen-bond acceptors (Lipinski definition) is 4. The van der Waals surface area contributed by atoms with E-state index in [4.69, 9.17) is 4.74 Å². The van der Waals surface area contributed by atoms with Gasteiger partial charge in [-0.3, -0.25) is 4.79 Å². The summed E-state index contributed by atoms with van der Waals surface area (Å²) in [6.45, 7) is 1.98. The number of ether oxygens (including phenoxy) is 1. The molecule has 28 heavy (non-hydrogen) atoms. The molecule has 0 unspecified atom stereocenters. The highest BCUT2D eigenvalue weighted by Gasteiger charge is 2.14. The van der Waals surface area contributed by atoms with Gasteiger partial charge in [0.15, 0.2) is 0 Å². The third kappa shape index (κ3) is 4.45. The largest absolute Gasteiger partial charge is 0.506 e. The van der Waals surface area contributed by atoms with Crippen molar-refractivity contribution in [3.05, 3.63) is 74.4 Å². The monoisotopic (exact) mass is 505 g/mol. The Morgan fingerprint density at radius 2 is 1.93 bits per heavy atom. The quantitative estimate of drug-likeness (QED) is 0.386. The Bertz CT molecular complexity index is 1040. The molecule has 3 aromatic rings. The summed E-state index contributed by atoms with van der Waals surface area (Å²) in [6, 6.07) is 12.8. The van der Waals surface area contributed by atoms with Crippen LogP contribution in [0.25, 0.3) is 5.69 Å². The Labute approximate surface area is 179 Å². The fourth-order valence-corrected chi connectivity index (χ4v) is 3.88. The predicted molar refractivity (Wildman–Crippen MR) is 116 cm³/mol. The second-order valence-electron chi connectivity index (χ2n) is 5.97. The first kappa shape index (κ1) is 20.2.